The summed E-state index contributed by atoms with van der Waals surface area (Å²) in [4.78, 5) is 12.5. The third kappa shape index (κ3) is 3.10. The lowest BCUT2D eigenvalue weighted by molar-refractivity contribution is -0.0511. The minimum Gasteiger partial charge on any atom is -0.472 e. The molecule has 1 saturated heterocycles. The molecule has 0 amide bonds. The summed E-state index contributed by atoms with van der Waals surface area (Å²) in [7, 11) is 0. The molecule has 12 nitrogen and oxygen atoms in total. The van der Waals surface area contributed by atoms with Gasteiger partial charge in [0.05, 0.1) is 31.7 Å². The van der Waals surface area contributed by atoms with Crippen molar-refractivity contribution < 1.29 is 24.5 Å². The van der Waals surface area contributed by atoms with E-state index in [9.17, 15) is 15.3 Å². The number of furan rings is 1. The Balaban J connectivity index is 1.64. The Morgan fingerprint density at radius 3 is 2.89 bits per heavy atom. The first-order valence-corrected chi connectivity index (χ1v) is 8.02. The first-order chi connectivity index (χ1) is 13.1. The van der Waals surface area contributed by atoms with Gasteiger partial charge in [-0.3, -0.25) is 4.57 Å². The van der Waals surface area contributed by atoms with Gasteiger partial charge in [0, 0.05) is 5.56 Å². The van der Waals surface area contributed by atoms with Gasteiger partial charge in [-0.05, 0) is 6.07 Å². The molecule has 1 aliphatic rings. The van der Waals surface area contributed by atoms with Crippen molar-refractivity contribution in [1.82, 2.24) is 19.5 Å². The average Bonchev–Trinajstić information content (AvgIpc) is 3.37. The van der Waals surface area contributed by atoms with E-state index in [1.165, 1.54) is 29.6 Å². The highest BCUT2D eigenvalue weighted by atomic mass is 16.6. The van der Waals surface area contributed by atoms with Crippen LogP contribution in [0.25, 0.3) is 11.2 Å². The number of imidazole rings is 1. The maximum Gasteiger partial charge on any atom is 0.247 e. The van der Waals surface area contributed by atoms with E-state index in [4.69, 9.17) is 14.9 Å². The third-order valence-corrected chi connectivity index (χ3v) is 4.16. The predicted molar refractivity (Wildman–Crippen MR) is 92.7 cm³/mol. The molecule has 4 rings (SSSR count). The minimum absolute atomic E-state index is 0.103. The molecule has 0 saturated carbocycles. The molecule has 27 heavy (non-hydrogen) atoms. The van der Waals surface area contributed by atoms with Gasteiger partial charge in [-0.1, -0.05) is 0 Å². The molecule has 1 fully saturated rings. The summed E-state index contributed by atoms with van der Waals surface area (Å²) in [6, 6.07) is 1.72. The smallest absolute Gasteiger partial charge is 0.247 e. The normalized spacial score (nSPS) is 25.6. The van der Waals surface area contributed by atoms with Crippen LogP contribution in [0.4, 0.5) is 11.8 Å². The summed E-state index contributed by atoms with van der Waals surface area (Å²) in [5.74, 6) is 0.208. The molecule has 0 radical (unpaired) electrons. The average molecular weight is 375 g/mol. The number of rotatable bonds is 5. The fourth-order valence-electron chi connectivity index (χ4n) is 2.80. The van der Waals surface area contributed by atoms with Crippen LogP contribution in [0.3, 0.4) is 0 Å². The summed E-state index contributed by atoms with van der Waals surface area (Å²) in [5.41, 5.74) is 9.90. The van der Waals surface area contributed by atoms with Crippen molar-refractivity contribution in [2.24, 2.45) is 5.10 Å². The quantitative estimate of drug-likeness (QED) is 0.276. The maximum atomic E-state index is 10.2. The number of hydrogen-bond acceptors (Lipinski definition) is 11. The molecular formula is C15H17N7O5. The van der Waals surface area contributed by atoms with E-state index in [-0.39, 0.29) is 17.4 Å². The number of nitrogens with zero attached hydrogens (tertiary/aromatic N) is 5. The maximum absolute atomic E-state index is 10.2. The fraction of sp³-hybridized carbons (Fsp3) is 0.333. The first-order valence-electron chi connectivity index (χ1n) is 8.02. The number of nitrogens with one attached hydrogen (secondary N) is 1. The molecule has 0 aliphatic carbocycles. The summed E-state index contributed by atoms with van der Waals surface area (Å²) < 4.78 is 11.9. The summed E-state index contributed by atoms with van der Waals surface area (Å²) in [5, 5.41) is 33.4. The lowest BCUT2D eigenvalue weighted by Gasteiger charge is -2.16. The molecule has 4 heterocycles. The van der Waals surface area contributed by atoms with E-state index < -0.39 is 31.1 Å². The Labute approximate surface area is 151 Å². The first kappa shape index (κ1) is 17.4. The number of aliphatic hydroxyl groups is 3. The molecule has 4 atom stereocenters. The van der Waals surface area contributed by atoms with Crippen molar-refractivity contribution in [3.8, 4) is 0 Å². The van der Waals surface area contributed by atoms with Crippen LogP contribution in [0.2, 0.25) is 0 Å². The number of ether oxygens (including phenoxy) is 1. The van der Waals surface area contributed by atoms with Gasteiger partial charge in [0.2, 0.25) is 5.95 Å². The molecule has 142 valence electrons. The number of nitrogen functional groups attached to an aromatic ring is 1. The molecule has 0 aromatic carbocycles. The fourth-order valence-corrected chi connectivity index (χ4v) is 2.80. The Bertz CT molecular complexity index is 957. The highest BCUT2D eigenvalue weighted by Gasteiger charge is 2.44. The standard InChI is InChI=1S/C15H17N7O5/c16-12-9-13(20-15(19-12)21-18-3-7-1-2-26-5-7)22(6-17-9)14-11(25)10(24)8(4-23)27-14/h1-3,5-6,8,10-11,14,23-25H,4H2,(H3,16,19,20,21)/t8-,10-,11-,14-/m1/s1. The second kappa shape index (κ2) is 6.92. The van der Waals surface area contributed by atoms with Gasteiger partial charge in [0.1, 0.15) is 23.8 Å². The number of aromatic nitrogens is 4. The van der Waals surface area contributed by atoms with E-state index >= 15 is 0 Å². The molecule has 3 aromatic heterocycles. The second-order valence-corrected chi connectivity index (χ2v) is 5.91. The molecule has 3 aromatic rings. The molecule has 0 spiro atoms. The number of fused-ring (bicyclic) bond motifs is 1. The summed E-state index contributed by atoms with van der Waals surface area (Å²) >= 11 is 0. The zero-order valence-electron chi connectivity index (χ0n) is 13.9. The van der Waals surface area contributed by atoms with Crippen molar-refractivity contribution in [3.05, 3.63) is 30.5 Å². The van der Waals surface area contributed by atoms with Gasteiger partial charge < -0.3 is 30.2 Å². The van der Waals surface area contributed by atoms with Crippen LogP contribution < -0.4 is 11.2 Å². The SMILES string of the molecule is Nc1nc(NN=Cc2ccoc2)nc2c1ncn2[C@@H]1O[C@H](CO)[C@@H](O)[C@H]1O. The molecule has 0 unspecified atom stereocenters. The molecule has 6 N–H and O–H groups in total. The van der Waals surface area contributed by atoms with Crippen LogP contribution in [-0.2, 0) is 4.74 Å². The Hall–Kier alpha value is -3.06. The van der Waals surface area contributed by atoms with Gasteiger partial charge in [0.25, 0.3) is 0 Å². The zero-order valence-corrected chi connectivity index (χ0v) is 13.9. The van der Waals surface area contributed by atoms with E-state index in [0.717, 1.165) is 5.56 Å². The Kier molecular flexibility index (Phi) is 4.45. The van der Waals surface area contributed by atoms with Gasteiger partial charge in [0.15, 0.2) is 17.7 Å². The summed E-state index contributed by atoms with van der Waals surface area (Å²) in [6.07, 6.45) is 1.49. The largest absolute Gasteiger partial charge is 0.472 e. The van der Waals surface area contributed by atoms with Crippen LogP contribution in [0.1, 0.15) is 11.8 Å². The van der Waals surface area contributed by atoms with E-state index in [1.807, 2.05) is 0 Å². The topological polar surface area (TPSA) is 177 Å². The van der Waals surface area contributed by atoms with Crippen molar-refractivity contribution in [2.45, 2.75) is 24.5 Å². The number of aliphatic hydroxyl groups excluding tert-OH is 3. The van der Waals surface area contributed by atoms with Crippen LogP contribution in [0, 0.1) is 0 Å². The molecule has 0 bridgehead atoms. The number of hydrazone groups is 1. The predicted octanol–water partition coefficient (Wildman–Crippen LogP) is -0.941. The van der Waals surface area contributed by atoms with E-state index in [2.05, 4.69) is 25.5 Å². The van der Waals surface area contributed by atoms with E-state index in [0.29, 0.717) is 5.52 Å². The van der Waals surface area contributed by atoms with Crippen molar-refractivity contribution in [1.29, 1.82) is 0 Å². The van der Waals surface area contributed by atoms with Gasteiger partial charge >= 0.3 is 0 Å². The monoisotopic (exact) mass is 375 g/mol. The third-order valence-electron chi connectivity index (χ3n) is 4.16. The highest BCUT2D eigenvalue weighted by molar-refractivity contribution is 5.83. The van der Waals surface area contributed by atoms with Crippen molar-refractivity contribution >= 4 is 29.1 Å². The van der Waals surface area contributed by atoms with Crippen LogP contribution in [0.5, 0.6) is 0 Å². The molecule has 12 heteroatoms. The lowest BCUT2D eigenvalue weighted by atomic mass is 10.1. The second-order valence-electron chi connectivity index (χ2n) is 5.91. The number of hydrogen-bond donors (Lipinski definition) is 5. The molecule has 1 aliphatic heterocycles. The van der Waals surface area contributed by atoms with Gasteiger partial charge in [-0.15, -0.1) is 0 Å². The van der Waals surface area contributed by atoms with Gasteiger partial charge in [-0.25, -0.2) is 10.4 Å². The van der Waals surface area contributed by atoms with E-state index in [1.54, 1.807) is 6.07 Å². The molecular weight excluding hydrogens is 358 g/mol. The zero-order chi connectivity index (χ0) is 19.0. The Morgan fingerprint density at radius 2 is 2.19 bits per heavy atom. The number of nitrogens with two attached hydrogens (primary N) is 1. The summed E-state index contributed by atoms with van der Waals surface area (Å²) in [6.45, 7) is -0.436. The van der Waals surface area contributed by atoms with Crippen molar-refractivity contribution in [2.75, 3.05) is 17.8 Å². The lowest BCUT2D eigenvalue weighted by Crippen LogP contribution is -2.33. The van der Waals surface area contributed by atoms with Crippen molar-refractivity contribution in [3.63, 3.8) is 0 Å². The van der Waals surface area contributed by atoms with Gasteiger partial charge in [-0.2, -0.15) is 15.1 Å². The Morgan fingerprint density at radius 1 is 1.33 bits per heavy atom. The van der Waals surface area contributed by atoms with Crippen LogP contribution >= 0.6 is 0 Å². The highest BCUT2D eigenvalue weighted by Crippen LogP contribution is 2.32. The number of anilines is 2. The van der Waals surface area contributed by atoms with Crippen LogP contribution in [-0.4, -0.2) is 66.0 Å². The van der Waals surface area contributed by atoms with Crippen LogP contribution in [0.15, 0.2) is 34.4 Å². The minimum atomic E-state index is -1.27.